The predicted octanol–water partition coefficient (Wildman–Crippen LogP) is 2.66. The van der Waals surface area contributed by atoms with Crippen LogP contribution in [-0.2, 0) is 22.7 Å². The van der Waals surface area contributed by atoms with Gasteiger partial charge in [-0.1, -0.05) is 31.2 Å². The lowest BCUT2D eigenvalue weighted by Crippen LogP contribution is -2.49. The van der Waals surface area contributed by atoms with Gasteiger partial charge >= 0.3 is 5.97 Å². The Morgan fingerprint density at radius 2 is 2.10 bits per heavy atom. The highest BCUT2D eigenvalue weighted by Gasteiger charge is 2.45. The molecule has 0 bridgehead atoms. The highest BCUT2D eigenvalue weighted by molar-refractivity contribution is 5.79. The smallest absolute Gasteiger partial charge is 0.324 e. The molecule has 1 aromatic carbocycles. The first-order chi connectivity index (χ1) is 9.64. The fourth-order valence-electron chi connectivity index (χ4n) is 3.17. The second-order valence-corrected chi connectivity index (χ2v) is 5.42. The number of carbonyl (C=O) groups is 1. The van der Waals surface area contributed by atoms with E-state index in [0.717, 1.165) is 30.5 Å². The molecule has 0 radical (unpaired) electrons. The number of hydrogen-bond acceptors (Lipinski definition) is 3. The number of nitrogens with zero attached hydrogens (tertiary/aromatic N) is 1. The molecule has 1 fully saturated rings. The summed E-state index contributed by atoms with van der Waals surface area (Å²) in [4.78, 5) is 13.8. The topological polar surface area (TPSA) is 49.8 Å². The van der Waals surface area contributed by atoms with Gasteiger partial charge in [0.15, 0.2) is 0 Å². The fraction of sp³-hybridized carbons (Fsp3) is 0.562. The van der Waals surface area contributed by atoms with E-state index < -0.39 is 11.5 Å². The van der Waals surface area contributed by atoms with Crippen LogP contribution >= 0.6 is 0 Å². The van der Waals surface area contributed by atoms with E-state index in [1.54, 1.807) is 7.11 Å². The third kappa shape index (κ3) is 2.72. The van der Waals surface area contributed by atoms with Gasteiger partial charge in [0.05, 0.1) is 6.61 Å². The zero-order valence-corrected chi connectivity index (χ0v) is 12.3. The van der Waals surface area contributed by atoms with Gasteiger partial charge in [0.25, 0.3) is 0 Å². The van der Waals surface area contributed by atoms with Gasteiger partial charge in [0, 0.05) is 13.7 Å². The number of aliphatic carboxylic acids is 1. The summed E-state index contributed by atoms with van der Waals surface area (Å²) in [6, 6.07) is 8.10. The van der Waals surface area contributed by atoms with E-state index in [1.807, 2.05) is 25.1 Å². The Kier molecular flexibility index (Phi) is 4.78. The van der Waals surface area contributed by atoms with Crippen LogP contribution in [0, 0.1) is 0 Å². The summed E-state index contributed by atoms with van der Waals surface area (Å²) >= 11 is 0. The van der Waals surface area contributed by atoms with Crippen molar-refractivity contribution in [3.63, 3.8) is 0 Å². The molecule has 0 aromatic heterocycles. The molecule has 1 aliphatic heterocycles. The van der Waals surface area contributed by atoms with E-state index in [4.69, 9.17) is 4.74 Å². The average molecular weight is 277 g/mol. The molecule has 1 unspecified atom stereocenters. The van der Waals surface area contributed by atoms with Crippen LogP contribution in [0.2, 0.25) is 0 Å². The van der Waals surface area contributed by atoms with Crippen LogP contribution in [0.5, 0.6) is 0 Å². The summed E-state index contributed by atoms with van der Waals surface area (Å²) in [5.41, 5.74) is 1.60. The molecule has 0 aliphatic carbocycles. The predicted molar refractivity (Wildman–Crippen MR) is 77.5 cm³/mol. The zero-order chi connectivity index (χ0) is 14.6. The second-order valence-electron chi connectivity index (χ2n) is 5.42. The highest BCUT2D eigenvalue weighted by atomic mass is 16.5. The van der Waals surface area contributed by atoms with Crippen LogP contribution in [0.15, 0.2) is 24.3 Å². The van der Waals surface area contributed by atoms with Crippen molar-refractivity contribution < 1.29 is 14.6 Å². The molecule has 2 rings (SSSR count). The van der Waals surface area contributed by atoms with Gasteiger partial charge in [-0.15, -0.1) is 0 Å². The number of carboxylic acids is 1. The van der Waals surface area contributed by atoms with Crippen LogP contribution in [0.3, 0.4) is 0 Å². The molecular weight excluding hydrogens is 254 g/mol. The lowest BCUT2D eigenvalue weighted by molar-refractivity contribution is -0.150. The van der Waals surface area contributed by atoms with E-state index in [2.05, 4.69) is 11.0 Å². The van der Waals surface area contributed by atoms with E-state index >= 15 is 0 Å². The standard InChI is InChI=1S/C16H23NO3/c1-3-16(15(18)19)9-6-10-17(16)11-13-7-4-5-8-14(13)12-20-2/h4-5,7-8H,3,6,9-12H2,1-2H3,(H,18,19). The van der Waals surface area contributed by atoms with E-state index in [1.165, 1.54) is 0 Å². The molecule has 4 nitrogen and oxygen atoms in total. The Hall–Kier alpha value is -1.39. The normalized spacial score (nSPS) is 23.1. The number of carboxylic acid groups (broad SMARTS) is 1. The second kappa shape index (κ2) is 6.37. The van der Waals surface area contributed by atoms with Gasteiger partial charge in [-0.25, -0.2) is 0 Å². The van der Waals surface area contributed by atoms with Crippen molar-refractivity contribution in [2.45, 2.75) is 44.9 Å². The van der Waals surface area contributed by atoms with Crippen LogP contribution in [0.1, 0.15) is 37.3 Å². The monoisotopic (exact) mass is 277 g/mol. The molecule has 20 heavy (non-hydrogen) atoms. The summed E-state index contributed by atoms with van der Waals surface area (Å²) in [6.45, 7) is 4.06. The van der Waals surface area contributed by atoms with Gasteiger partial charge in [-0.2, -0.15) is 0 Å². The van der Waals surface area contributed by atoms with E-state index in [-0.39, 0.29) is 0 Å². The Balaban J connectivity index is 2.23. The number of hydrogen-bond donors (Lipinski definition) is 1. The quantitative estimate of drug-likeness (QED) is 0.868. The zero-order valence-electron chi connectivity index (χ0n) is 12.3. The van der Waals surface area contributed by atoms with Crippen molar-refractivity contribution in [1.82, 2.24) is 4.90 Å². The van der Waals surface area contributed by atoms with Crippen LogP contribution in [0.25, 0.3) is 0 Å². The van der Waals surface area contributed by atoms with Crippen molar-refractivity contribution in [3.05, 3.63) is 35.4 Å². The minimum absolute atomic E-state index is 0.566. The highest BCUT2D eigenvalue weighted by Crippen LogP contribution is 2.34. The molecule has 1 saturated heterocycles. The maximum Gasteiger partial charge on any atom is 0.324 e. The first kappa shape index (κ1) is 15.0. The lowest BCUT2D eigenvalue weighted by Gasteiger charge is -2.34. The summed E-state index contributed by atoms with van der Waals surface area (Å²) in [7, 11) is 1.68. The fourth-order valence-corrected chi connectivity index (χ4v) is 3.17. The minimum atomic E-state index is -0.694. The molecule has 4 heteroatoms. The molecule has 1 N–H and O–H groups in total. The summed E-state index contributed by atoms with van der Waals surface area (Å²) < 4.78 is 5.22. The SMILES string of the molecule is CCC1(C(=O)O)CCCN1Cc1ccccc1COC. The molecular formula is C16H23NO3. The lowest BCUT2D eigenvalue weighted by atomic mass is 9.92. The van der Waals surface area contributed by atoms with Gasteiger partial charge in [0.1, 0.15) is 5.54 Å². The van der Waals surface area contributed by atoms with Crippen molar-refractivity contribution in [3.8, 4) is 0 Å². The largest absolute Gasteiger partial charge is 0.480 e. The van der Waals surface area contributed by atoms with Gasteiger partial charge in [-0.05, 0) is 36.9 Å². The summed E-state index contributed by atoms with van der Waals surface area (Å²) in [5, 5.41) is 9.62. The molecule has 1 heterocycles. The number of methoxy groups -OCH3 is 1. The first-order valence-corrected chi connectivity index (χ1v) is 7.18. The summed E-state index contributed by atoms with van der Waals surface area (Å²) in [5.74, 6) is -0.693. The number of benzene rings is 1. The minimum Gasteiger partial charge on any atom is -0.480 e. The van der Waals surface area contributed by atoms with Crippen LogP contribution in [-0.4, -0.2) is 35.2 Å². The Bertz CT molecular complexity index is 475. The number of ether oxygens (including phenoxy) is 1. The number of rotatable bonds is 6. The van der Waals surface area contributed by atoms with Gasteiger partial charge in [0.2, 0.25) is 0 Å². The van der Waals surface area contributed by atoms with Crippen LogP contribution < -0.4 is 0 Å². The number of likely N-dealkylation sites (tertiary alicyclic amines) is 1. The molecule has 1 atom stereocenters. The van der Waals surface area contributed by atoms with E-state index in [9.17, 15) is 9.90 Å². The van der Waals surface area contributed by atoms with Gasteiger partial charge < -0.3 is 9.84 Å². The van der Waals surface area contributed by atoms with Crippen molar-refractivity contribution in [1.29, 1.82) is 0 Å². The Morgan fingerprint density at radius 1 is 1.40 bits per heavy atom. The van der Waals surface area contributed by atoms with Crippen molar-refractivity contribution >= 4 is 5.97 Å². The Labute approximate surface area is 120 Å². The third-order valence-electron chi connectivity index (χ3n) is 4.39. The molecule has 0 saturated carbocycles. The van der Waals surface area contributed by atoms with E-state index in [0.29, 0.717) is 19.6 Å². The van der Waals surface area contributed by atoms with Gasteiger partial charge in [-0.3, -0.25) is 9.69 Å². The third-order valence-corrected chi connectivity index (χ3v) is 4.39. The first-order valence-electron chi connectivity index (χ1n) is 7.18. The average Bonchev–Trinajstić information content (AvgIpc) is 2.85. The molecule has 0 spiro atoms. The molecule has 110 valence electrons. The van der Waals surface area contributed by atoms with Crippen molar-refractivity contribution in [2.75, 3.05) is 13.7 Å². The van der Waals surface area contributed by atoms with Crippen LogP contribution in [0.4, 0.5) is 0 Å². The van der Waals surface area contributed by atoms with Crippen molar-refractivity contribution in [2.24, 2.45) is 0 Å². The maximum absolute atomic E-state index is 11.7. The molecule has 1 aliphatic rings. The Morgan fingerprint density at radius 3 is 2.70 bits per heavy atom. The molecule has 1 aromatic rings. The summed E-state index contributed by atoms with van der Waals surface area (Å²) in [6.07, 6.45) is 2.34. The maximum atomic E-state index is 11.7. The molecule has 0 amide bonds.